The largest absolute Gasteiger partial charge is 0.496 e. The summed E-state index contributed by atoms with van der Waals surface area (Å²) in [6.45, 7) is 0.482. The molecule has 0 N–H and O–H groups in total. The monoisotopic (exact) mass is 389 g/mol. The zero-order valence-electron chi connectivity index (χ0n) is 15.4. The molecule has 1 saturated heterocycles. The maximum atomic E-state index is 12.4. The van der Waals surface area contributed by atoms with Gasteiger partial charge in [-0.25, -0.2) is 0 Å². The number of amides is 1. The minimum absolute atomic E-state index is 0.0455. The standard InChI is InChI=1S/C22H19N3O2S/c1-27-20-12-5-3-8-17(20)13-23-24-22-25(21(26)15-28-22)14-18-10-6-9-16-7-2-4-11-19(16)18/h2-13H,14-15H2,1H3/b23-13-,24-22+. The molecule has 0 spiro atoms. The van der Waals surface area contributed by atoms with Gasteiger partial charge in [-0.05, 0) is 28.5 Å². The van der Waals surface area contributed by atoms with Crippen LogP contribution in [0.1, 0.15) is 11.1 Å². The summed E-state index contributed by atoms with van der Waals surface area (Å²) in [5, 5.41) is 11.4. The number of methoxy groups -OCH3 is 1. The lowest BCUT2D eigenvalue weighted by atomic mass is 10.0. The fourth-order valence-electron chi connectivity index (χ4n) is 3.14. The second-order valence-electron chi connectivity index (χ2n) is 6.28. The van der Waals surface area contributed by atoms with E-state index >= 15 is 0 Å². The van der Waals surface area contributed by atoms with Crippen molar-refractivity contribution in [3.63, 3.8) is 0 Å². The number of carbonyl (C=O) groups is 1. The molecule has 5 nitrogen and oxygen atoms in total. The molecule has 4 rings (SSSR count). The van der Waals surface area contributed by atoms with Crippen LogP contribution in [0.25, 0.3) is 10.8 Å². The molecule has 0 aromatic heterocycles. The highest BCUT2D eigenvalue weighted by molar-refractivity contribution is 8.15. The SMILES string of the molecule is COc1ccccc1/C=N\N=C1\SCC(=O)N1Cc1cccc2ccccc12. The number of ether oxygens (including phenoxy) is 1. The molecule has 140 valence electrons. The van der Waals surface area contributed by atoms with Crippen molar-refractivity contribution >= 4 is 39.8 Å². The zero-order chi connectivity index (χ0) is 19.3. The average Bonchev–Trinajstić information content (AvgIpc) is 3.08. The van der Waals surface area contributed by atoms with E-state index in [0.717, 1.165) is 27.6 Å². The third kappa shape index (κ3) is 3.77. The Labute approximate surface area is 167 Å². The maximum absolute atomic E-state index is 12.4. The number of carbonyl (C=O) groups excluding carboxylic acids is 1. The number of rotatable bonds is 5. The number of benzene rings is 3. The van der Waals surface area contributed by atoms with Crippen LogP contribution < -0.4 is 4.74 Å². The summed E-state index contributed by atoms with van der Waals surface area (Å²) in [5.74, 6) is 1.16. The molecule has 1 amide bonds. The Bertz CT molecular complexity index is 1070. The van der Waals surface area contributed by atoms with E-state index in [9.17, 15) is 4.79 Å². The Hall–Kier alpha value is -3.12. The Balaban J connectivity index is 1.58. The Morgan fingerprint density at radius 2 is 1.86 bits per heavy atom. The van der Waals surface area contributed by atoms with Crippen LogP contribution in [0.2, 0.25) is 0 Å². The molecule has 3 aromatic rings. The third-order valence-electron chi connectivity index (χ3n) is 4.54. The molecule has 0 bridgehead atoms. The van der Waals surface area contributed by atoms with Crippen molar-refractivity contribution in [3.8, 4) is 5.75 Å². The van der Waals surface area contributed by atoms with Crippen LogP contribution in [0.3, 0.4) is 0 Å². The van der Waals surface area contributed by atoms with Crippen LogP contribution in [0.15, 0.2) is 76.9 Å². The molecule has 28 heavy (non-hydrogen) atoms. The number of hydrogen-bond acceptors (Lipinski definition) is 5. The van der Waals surface area contributed by atoms with Gasteiger partial charge in [0.15, 0.2) is 5.17 Å². The van der Waals surface area contributed by atoms with Crippen molar-refractivity contribution in [2.45, 2.75) is 6.54 Å². The number of thioether (sulfide) groups is 1. The summed E-state index contributed by atoms with van der Waals surface area (Å²) in [6, 6.07) is 21.9. The van der Waals surface area contributed by atoms with Gasteiger partial charge in [0.05, 0.1) is 25.6 Å². The predicted octanol–water partition coefficient (Wildman–Crippen LogP) is 4.31. The van der Waals surface area contributed by atoms with Gasteiger partial charge in [0.1, 0.15) is 5.75 Å². The number of para-hydroxylation sites is 1. The molecule has 1 aliphatic rings. The molecule has 6 heteroatoms. The van der Waals surface area contributed by atoms with Crippen molar-refractivity contribution in [3.05, 3.63) is 77.9 Å². The smallest absolute Gasteiger partial charge is 0.239 e. The van der Waals surface area contributed by atoms with Crippen LogP contribution in [-0.2, 0) is 11.3 Å². The third-order valence-corrected chi connectivity index (χ3v) is 5.50. The van der Waals surface area contributed by atoms with Crippen molar-refractivity contribution in [1.29, 1.82) is 0 Å². The first-order valence-corrected chi connectivity index (χ1v) is 9.88. The topological polar surface area (TPSA) is 54.3 Å². The fraction of sp³-hybridized carbons (Fsp3) is 0.136. The van der Waals surface area contributed by atoms with Gasteiger partial charge in [-0.2, -0.15) is 5.10 Å². The number of nitrogens with zero attached hydrogens (tertiary/aromatic N) is 3. The molecule has 0 saturated carbocycles. The van der Waals surface area contributed by atoms with Crippen LogP contribution >= 0.6 is 11.8 Å². The van der Waals surface area contributed by atoms with E-state index < -0.39 is 0 Å². The van der Waals surface area contributed by atoms with E-state index in [1.54, 1.807) is 18.2 Å². The van der Waals surface area contributed by atoms with Crippen LogP contribution in [0.4, 0.5) is 0 Å². The zero-order valence-corrected chi connectivity index (χ0v) is 16.2. The van der Waals surface area contributed by atoms with E-state index in [2.05, 4.69) is 28.4 Å². The molecule has 0 atom stereocenters. The molecule has 1 fully saturated rings. The normalized spacial score (nSPS) is 15.8. The summed E-state index contributed by atoms with van der Waals surface area (Å²) in [7, 11) is 1.62. The number of hydrogen-bond donors (Lipinski definition) is 0. The van der Waals surface area contributed by atoms with E-state index in [1.165, 1.54) is 11.8 Å². The van der Waals surface area contributed by atoms with Crippen LogP contribution in [0, 0.1) is 0 Å². The first-order chi connectivity index (χ1) is 13.8. The average molecular weight is 389 g/mol. The minimum atomic E-state index is 0.0455. The molecule has 1 heterocycles. The highest BCUT2D eigenvalue weighted by Crippen LogP contribution is 2.26. The van der Waals surface area contributed by atoms with Gasteiger partial charge < -0.3 is 4.74 Å². The summed E-state index contributed by atoms with van der Waals surface area (Å²) in [6.07, 6.45) is 1.64. The lowest BCUT2D eigenvalue weighted by molar-refractivity contribution is -0.124. The summed E-state index contributed by atoms with van der Waals surface area (Å²) in [4.78, 5) is 14.1. The quantitative estimate of drug-likeness (QED) is 0.483. The van der Waals surface area contributed by atoms with Crippen molar-refractivity contribution in [2.24, 2.45) is 10.2 Å². The summed E-state index contributed by atoms with van der Waals surface area (Å²) in [5.41, 5.74) is 1.93. The first kappa shape index (κ1) is 18.3. The van der Waals surface area contributed by atoms with E-state index in [-0.39, 0.29) is 5.91 Å². The number of fused-ring (bicyclic) bond motifs is 1. The Morgan fingerprint density at radius 1 is 1.07 bits per heavy atom. The first-order valence-electron chi connectivity index (χ1n) is 8.90. The van der Waals surface area contributed by atoms with Gasteiger partial charge in [-0.15, -0.1) is 5.10 Å². The maximum Gasteiger partial charge on any atom is 0.239 e. The second kappa shape index (κ2) is 8.27. The second-order valence-corrected chi connectivity index (χ2v) is 7.22. The van der Waals surface area contributed by atoms with E-state index in [4.69, 9.17) is 4.74 Å². The van der Waals surface area contributed by atoms with Gasteiger partial charge in [0, 0.05) is 5.56 Å². The molecule has 3 aromatic carbocycles. The molecule has 0 aliphatic carbocycles. The summed E-state index contributed by atoms with van der Waals surface area (Å²) < 4.78 is 5.32. The van der Waals surface area contributed by atoms with Gasteiger partial charge >= 0.3 is 0 Å². The molecular formula is C22H19N3O2S. The van der Waals surface area contributed by atoms with Gasteiger partial charge in [0.2, 0.25) is 5.91 Å². The van der Waals surface area contributed by atoms with Crippen LogP contribution in [-0.4, -0.2) is 35.1 Å². The lowest BCUT2D eigenvalue weighted by Gasteiger charge is -2.16. The summed E-state index contributed by atoms with van der Waals surface area (Å²) >= 11 is 1.41. The van der Waals surface area contributed by atoms with E-state index in [1.807, 2.05) is 48.5 Å². The fourth-order valence-corrected chi connectivity index (χ4v) is 3.98. The Morgan fingerprint density at radius 3 is 2.75 bits per heavy atom. The highest BCUT2D eigenvalue weighted by atomic mass is 32.2. The van der Waals surface area contributed by atoms with Crippen molar-refractivity contribution < 1.29 is 9.53 Å². The molecule has 0 unspecified atom stereocenters. The van der Waals surface area contributed by atoms with Gasteiger partial charge in [-0.3, -0.25) is 9.69 Å². The van der Waals surface area contributed by atoms with Gasteiger partial charge in [0.25, 0.3) is 0 Å². The molecule has 1 aliphatic heterocycles. The van der Waals surface area contributed by atoms with E-state index in [0.29, 0.717) is 17.5 Å². The lowest BCUT2D eigenvalue weighted by Crippen LogP contribution is -2.28. The molecule has 0 radical (unpaired) electrons. The van der Waals surface area contributed by atoms with Crippen molar-refractivity contribution in [1.82, 2.24) is 4.90 Å². The Kier molecular flexibility index (Phi) is 5.39. The molecular weight excluding hydrogens is 370 g/mol. The predicted molar refractivity (Wildman–Crippen MR) is 115 cm³/mol. The van der Waals surface area contributed by atoms with Crippen molar-refractivity contribution in [2.75, 3.05) is 12.9 Å². The van der Waals surface area contributed by atoms with Crippen LogP contribution in [0.5, 0.6) is 5.75 Å². The number of amidine groups is 1. The highest BCUT2D eigenvalue weighted by Gasteiger charge is 2.28. The van der Waals surface area contributed by atoms with Gasteiger partial charge in [-0.1, -0.05) is 66.4 Å². The minimum Gasteiger partial charge on any atom is -0.496 e.